The zero-order valence-electron chi connectivity index (χ0n) is 14.8. The van der Waals surface area contributed by atoms with Crippen molar-refractivity contribution < 1.29 is 32.3 Å². The minimum Gasteiger partial charge on any atom is -0.465 e. The summed E-state index contributed by atoms with van der Waals surface area (Å²) in [6.45, 7) is -2.63. The number of esters is 1. The average molecular weight is 420 g/mol. The third kappa shape index (κ3) is 4.16. The Kier molecular flexibility index (Phi) is 5.34. The highest BCUT2D eigenvalue weighted by Gasteiger charge is 2.37. The Morgan fingerprint density at radius 3 is 2.66 bits per heavy atom. The van der Waals surface area contributed by atoms with E-state index in [0.717, 1.165) is 11.8 Å². The molecule has 0 spiro atoms. The lowest BCUT2D eigenvalue weighted by molar-refractivity contribution is -0.137. The van der Waals surface area contributed by atoms with Crippen LogP contribution >= 0.6 is 11.8 Å². The number of nitrogens with zero attached hydrogens (tertiary/aromatic N) is 2. The van der Waals surface area contributed by atoms with Crippen LogP contribution in [0.2, 0.25) is 0 Å². The van der Waals surface area contributed by atoms with Crippen LogP contribution in [0.3, 0.4) is 0 Å². The molecule has 0 radical (unpaired) electrons. The third-order valence-electron chi connectivity index (χ3n) is 4.11. The molecule has 1 aromatic heterocycles. The molecule has 2 aliphatic heterocycles. The SMILES string of the molecule is O=C1OCC[C@H]1SC1=N/C(=C/c2ccco2)C(=O)N1c1ccc(OC(F)F)cc1. The summed E-state index contributed by atoms with van der Waals surface area (Å²) in [6.07, 6.45) is 3.46. The highest BCUT2D eigenvalue weighted by atomic mass is 32.2. The van der Waals surface area contributed by atoms with Crippen molar-refractivity contribution in [2.45, 2.75) is 18.3 Å². The van der Waals surface area contributed by atoms with Gasteiger partial charge in [-0.25, -0.2) is 4.99 Å². The van der Waals surface area contributed by atoms with E-state index in [9.17, 15) is 18.4 Å². The maximum Gasteiger partial charge on any atom is 0.387 e. The van der Waals surface area contributed by atoms with Crippen molar-refractivity contribution in [1.82, 2.24) is 0 Å². The number of alkyl halides is 2. The highest BCUT2D eigenvalue weighted by Crippen LogP contribution is 2.34. The van der Waals surface area contributed by atoms with Crippen LogP contribution < -0.4 is 9.64 Å². The summed E-state index contributed by atoms with van der Waals surface area (Å²) in [5, 5.41) is -0.187. The fourth-order valence-electron chi connectivity index (χ4n) is 2.80. The minimum atomic E-state index is -2.95. The Bertz CT molecular complexity index is 973. The van der Waals surface area contributed by atoms with Crippen molar-refractivity contribution >= 4 is 40.6 Å². The molecule has 1 amide bonds. The summed E-state index contributed by atoms with van der Waals surface area (Å²) in [4.78, 5) is 30.5. The maximum atomic E-state index is 13.0. The maximum absolute atomic E-state index is 13.0. The van der Waals surface area contributed by atoms with E-state index in [0.29, 0.717) is 29.6 Å². The van der Waals surface area contributed by atoms with Gasteiger partial charge in [-0.05, 0) is 36.4 Å². The molecular weight excluding hydrogens is 406 g/mol. The molecule has 7 nitrogen and oxygen atoms in total. The summed E-state index contributed by atoms with van der Waals surface area (Å²) in [6, 6.07) is 8.95. The van der Waals surface area contributed by atoms with E-state index in [1.165, 1.54) is 41.5 Å². The second-order valence-electron chi connectivity index (χ2n) is 6.02. The third-order valence-corrected chi connectivity index (χ3v) is 5.30. The van der Waals surface area contributed by atoms with E-state index >= 15 is 0 Å². The number of thioether (sulfide) groups is 1. The van der Waals surface area contributed by atoms with E-state index in [2.05, 4.69) is 9.73 Å². The van der Waals surface area contributed by atoms with E-state index in [4.69, 9.17) is 9.15 Å². The van der Waals surface area contributed by atoms with Gasteiger partial charge in [0.05, 0.1) is 18.6 Å². The Morgan fingerprint density at radius 2 is 2.03 bits per heavy atom. The standard InChI is InChI=1S/C19H14F2N2O5S/c20-18(21)28-12-5-3-11(4-6-12)23-16(24)14(10-13-2-1-8-26-13)22-19(23)29-15-7-9-27-17(15)25/h1-6,8,10,15,18H,7,9H2/b14-10+/t15-/m1/s1. The van der Waals surface area contributed by atoms with Crippen LogP contribution in [-0.2, 0) is 14.3 Å². The summed E-state index contributed by atoms with van der Waals surface area (Å²) in [5.74, 6) is -0.386. The number of carbonyl (C=O) groups is 2. The van der Waals surface area contributed by atoms with Crippen molar-refractivity contribution in [3.8, 4) is 5.75 Å². The number of furan rings is 1. The van der Waals surface area contributed by atoms with Crippen LogP contribution in [0.5, 0.6) is 5.75 Å². The van der Waals surface area contributed by atoms with Crippen LogP contribution in [0.25, 0.3) is 6.08 Å². The molecule has 3 heterocycles. The number of carbonyl (C=O) groups excluding carboxylic acids is 2. The number of benzene rings is 1. The van der Waals surface area contributed by atoms with Gasteiger partial charge < -0.3 is 13.9 Å². The molecule has 10 heteroatoms. The largest absolute Gasteiger partial charge is 0.465 e. The number of halogens is 2. The minimum absolute atomic E-state index is 0.0349. The highest BCUT2D eigenvalue weighted by molar-refractivity contribution is 8.15. The van der Waals surface area contributed by atoms with Crippen LogP contribution in [-0.4, -0.2) is 35.5 Å². The molecule has 1 aromatic carbocycles. The molecule has 0 saturated carbocycles. The molecule has 2 aliphatic rings. The van der Waals surface area contributed by atoms with Crippen molar-refractivity contribution in [3.63, 3.8) is 0 Å². The Hall–Kier alpha value is -3.14. The zero-order chi connectivity index (χ0) is 20.4. The van der Waals surface area contributed by atoms with Crippen molar-refractivity contribution in [1.29, 1.82) is 0 Å². The summed E-state index contributed by atoms with van der Waals surface area (Å²) < 4.78 is 39.3. The fourth-order valence-corrected chi connectivity index (χ4v) is 3.88. The molecular formula is C19H14F2N2O5S. The van der Waals surface area contributed by atoms with Crippen molar-refractivity contribution in [3.05, 3.63) is 54.1 Å². The van der Waals surface area contributed by atoms with E-state index in [-0.39, 0.29) is 17.4 Å². The van der Waals surface area contributed by atoms with Gasteiger partial charge in [0.1, 0.15) is 22.5 Å². The smallest absolute Gasteiger partial charge is 0.387 e. The van der Waals surface area contributed by atoms with Crippen molar-refractivity contribution in [2.75, 3.05) is 11.5 Å². The summed E-state index contributed by atoms with van der Waals surface area (Å²) in [7, 11) is 0. The summed E-state index contributed by atoms with van der Waals surface area (Å²) >= 11 is 1.12. The molecule has 0 N–H and O–H groups in total. The molecule has 2 aromatic rings. The van der Waals surface area contributed by atoms with Gasteiger partial charge >= 0.3 is 12.6 Å². The Balaban J connectivity index is 1.65. The molecule has 0 aliphatic carbocycles. The molecule has 4 rings (SSSR count). The van der Waals surface area contributed by atoms with Crippen LogP contribution in [0.15, 0.2) is 57.8 Å². The number of hydrogen-bond donors (Lipinski definition) is 0. The van der Waals surface area contributed by atoms with E-state index in [1.54, 1.807) is 12.1 Å². The first-order valence-electron chi connectivity index (χ1n) is 8.58. The van der Waals surface area contributed by atoms with Crippen LogP contribution in [0.1, 0.15) is 12.2 Å². The van der Waals surface area contributed by atoms with Crippen LogP contribution in [0, 0.1) is 0 Å². The first-order chi connectivity index (χ1) is 14.0. The normalized spacial score (nSPS) is 20.5. The molecule has 1 fully saturated rings. The lowest BCUT2D eigenvalue weighted by Crippen LogP contribution is -2.32. The first kappa shape index (κ1) is 19.2. The van der Waals surface area contributed by atoms with E-state index in [1.807, 2.05) is 0 Å². The number of hydrogen-bond acceptors (Lipinski definition) is 7. The molecule has 0 unspecified atom stereocenters. The number of anilines is 1. The van der Waals surface area contributed by atoms with Crippen LogP contribution in [0.4, 0.5) is 14.5 Å². The van der Waals surface area contributed by atoms with Gasteiger partial charge in [-0.3, -0.25) is 14.5 Å². The number of amidine groups is 1. The average Bonchev–Trinajstić information content (AvgIpc) is 3.40. The molecule has 29 heavy (non-hydrogen) atoms. The first-order valence-corrected chi connectivity index (χ1v) is 9.46. The number of cyclic esters (lactones) is 1. The van der Waals surface area contributed by atoms with Gasteiger partial charge in [0.25, 0.3) is 5.91 Å². The van der Waals surface area contributed by atoms with Gasteiger partial charge in [0, 0.05) is 12.5 Å². The quantitative estimate of drug-likeness (QED) is 0.542. The molecule has 150 valence electrons. The van der Waals surface area contributed by atoms with Gasteiger partial charge in [-0.2, -0.15) is 8.78 Å². The van der Waals surface area contributed by atoms with E-state index < -0.39 is 17.8 Å². The van der Waals surface area contributed by atoms with Gasteiger partial charge in [0.15, 0.2) is 5.17 Å². The monoisotopic (exact) mass is 420 g/mol. The number of ether oxygens (including phenoxy) is 2. The predicted octanol–water partition coefficient (Wildman–Crippen LogP) is 3.67. The molecule has 1 saturated heterocycles. The summed E-state index contributed by atoms with van der Waals surface area (Å²) in [5.41, 5.74) is 0.527. The number of amides is 1. The van der Waals surface area contributed by atoms with Gasteiger partial charge in [0.2, 0.25) is 0 Å². The van der Waals surface area contributed by atoms with Crippen molar-refractivity contribution in [2.24, 2.45) is 4.99 Å². The molecule has 1 atom stereocenters. The second-order valence-corrected chi connectivity index (χ2v) is 7.18. The number of aliphatic imine (C=N–C) groups is 1. The fraction of sp³-hybridized carbons (Fsp3) is 0.211. The Morgan fingerprint density at radius 1 is 1.24 bits per heavy atom. The topological polar surface area (TPSA) is 81.3 Å². The molecule has 0 bridgehead atoms. The second kappa shape index (κ2) is 8.08. The Labute approximate surface area is 168 Å². The zero-order valence-corrected chi connectivity index (χ0v) is 15.6. The van der Waals surface area contributed by atoms with Gasteiger partial charge in [-0.15, -0.1) is 0 Å². The number of rotatable bonds is 5. The lowest BCUT2D eigenvalue weighted by Gasteiger charge is -2.19. The lowest BCUT2D eigenvalue weighted by atomic mass is 10.2. The predicted molar refractivity (Wildman–Crippen MR) is 102 cm³/mol. The van der Waals surface area contributed by atoms with Gasteiger partial charge in [-0.1, -0.05) is 11.8 Å².